The highest BCUT2D eigenvalue weighted by molar-refractivity contribution is 5.85. The molecular weight excluding hydrogens is 246 g/mol. The number of hydrogen-bond donors (Lipinski definition) is 2. The monoisotopic (exact) mass is 263 g/mol. The molecule has 2 aromatic rings. The lowest BCUT2D eigenvalue weighted by atomic mass is 9.93. The number of piperidine rings is 1. The number of nitrogens with one attached hydrogen (secondary N) is 2. The van der Waals surface area contributed by atoms with E-state index < -0.39 is 5.63 Å². The number of nitrogens with zero attached hydrogens (tertiary/aromatic N) is 3. The highest BCUT2D eigenvalue weighted by Gasteiger charge is 2.27. The average molecular weight is 263 g/mol. The second kappa shape index (κ2) is 4.65. The summed E-state index contributed by atoms with van der Waals surface area (Å²) >= 11 is 0. The smallest absolute Gasteiger partial charge is 0.354 e. The third-order valence-electron chi connectivity index (χ3n) is 3.89. The molecule has 3 rings (SSSR count). The van der Waals surface area contributed by atoms with Gasteiger partial charge in [0, 0.05) is 19.6 Å². The van der Waals surface area contributed by atoms with Crippen molar-refractivity contribution in [3.8, 4) is 0 Å². The molecule has 1 saturated heterocycles. The van der Waals surface area contributed by atoms with Crippen molar-refractivity contribution in [1.29, 1.82) is 0 Å². The van der Waals surface area contributed by atoms with Crippen LogP contribution in [0.5, 0.6) is 0 Å². The molecule has 7 nitrogen and oxygen atoms in total. The Hall–Kier alpha value is -1.89. The van der Waals surface area contributed by atoms with E-state index in [1.807, 2.05) is 11.9 Å². The quantitative estimate of drug-likeness (QED) is 0.812. The van der Waals surface area contributed by atoms with Crippen molar-refractivity contribution in [1.82, 2.24) is 20.4 Å². The molecule has 0 aliphatic carbocycles. The third kappa shape index (κ3) is 1.99. The number of anilines is 1. The van der Waals surface area contributed by atoms with Gasteiger partial charge in [-0.1, -0.05) is 6.92 Å². The van der Waals surface area contributed by atoms with Crippen molar-refractivity contribution in [2.45, 2.75) is 19.4 Å². The summed E-state index contributed by atoms with van der Waals surface area (Å²) in [6.07, 6.45) is 2.56. The fourth-order valence-electron chi connectivity index (χ4n) is 2.70. The van der Waals surface area contributed by atoms with Crippen LogP contribution in [0.3, 0.4) is 0 Å². The number of H-pyrrole nitrogens is 1. The predicted molar refractivity (Wildman–Crippen MR) is 71.3 cm³/mol. The van der Waals surface area contributed by atoms with Crippen LogP contribution in [0, 0.1) is 5.92 Å². The van der Waals surface area contributed by atoms with E-state index in [2.05, 4.69) is 27.4 Å². The van der Waals surface area contributed by atoms with Crippen molar-refractivity contribution < 1.29 is 4.52 Å². The van der Waals surface area contributed by atoms with Crippen LogP contribution < -0.4 is 15.8 Å². The van der Waals surface area contributed by atoms with Gasteiger partial charge in [-0.25, -0.2) is 14.8 Å². The number of rotatable bonds is 2. The third-order valence-corrected chi connectivity index (χ3v) is 3.89. The van der Waals surface area contributed by atoms with Crippen molar-refractivity contribution in [2.24, 2.45) is 5.92 Å². The fraction of sp³-hybridized carbons (Fsp3) is 0.583. The van der Waals surface area contributed by atoms with Crippen LogP contribution in [-0.4, -0.2) is 41.3 Å². The van der Waals surface area contributed by atoms with E-state index in [4.69, 9.17) is 4.52 Å². The maximum absolute atomic E-state index is 11.7. The summed E-state index contributed by atoms with van der Waals surface area (Å²) in [6.45, 7) is 4.15. The highest BCUT2D eigenvalue weighted by Crippen LogP contribution is 2.24. The normalized spacial score (nSPS) is 23.7. The molecule has 1 aliphatic rings. The molecule has 0 radical (unpaired) electrons. The van der Waals surface area contributed by atoms with Crippen LogP contribution in [0.15, 0.2) is 15.6 Å². The number of hydrogen-bond acceptors (Lipinski definition) is 6. The van der Waals surface area contributed by atoms with E-state index in [0.29, 0.717) is 28.8 Å². The van der Waals surface area contributed by atoms with E-state index >= 15 is 0 Å². The van der Waals surface area contributed by atoms with E-state index in [0.717, 1.165) is 19.5 Å². The van der Waals surface area contributed by atoms with Gasteiger partial charge in [0.25, 0.3) is 0 Å². The predicted octanol–water partition coefficient (Wildman–Crippen LogP) is 0.345. The minimum absolute atomic E-state index is 0.307. The standard InChI is InChI=1S/C12H17N5O2/c1-7-3-4-13-5-8(7)17(2)11-9-10(14-6-15-11)16-19-12(9)18/h6-8,13H,3-5H2,1-2H3,(H,14,15,16)/t7-,8+/m1/s1. The molecular formula is C12H17N5O2. The van der Waals surface area contributed by atoms with Crippen LogP contribution in [0.25, 0.3) is 11.0 Å². The van der Waals surface area contributed by atoms with Gasteiger partial charge in [-0.2, -0.15) is 5.16 Å². The fourth-order valence-corrected chi connectivity index (χ4v) is 2.70. The summed E-state index contributed by atoms with van der Waals surface area (Å²) in [5.41, 5.74) is 0.0205. The molecule has 1 fully saturated rings. The Morgan fingerprint density at radius 2 is 2.32 bits per heavy atom. The molecule has 0 bridgehead atoms. The minimum Gasteiger partial charge on any atom is -0.354 e. The van der Waals surface area contributed by atoms with Gasteiger partial charge in [-0.15, -0.1) is 0 Å². The van der Waals surface area contributed by atoms with Gasteiger partial charge in [0.05, 0.1) is 0 Å². The van der Waals surface area contributed by atoms with E-state index in [9.17, 15) is 4.79 Å². The molecule has 1 aliphatic heterocycles. The number of aromatic nitrogens is 3. The van der Waals surface area contributed by atoms with Crippen LogP contribution in [-0.2, 0) is 0 Å². The first-order valence-corrected chi connectivity index (χ1v) is 6.44. The Balaban J connectivity index is 2.03. The van der Waals surface area contributed by atoms with Crippen LogP contribution in [0.2, 0.25) is 0 Å². The molecule has 0 aromatic carbocycles. The largest absolute Gasteiger partial charge is 0.370 e. The lowest BCUT2D eigenvalue weighted by molar-refractivity contribution is 0.337. The molecule has 0 unspecified atom stereocenters. The molecule has 0 spiro atoms. The summed E-state index contributed by atoms with van der Waals surface area (Å²) in [4.78, 5) is 22.1. The molecule has 3 heterocycles. The van der Waals surface area contributed by atoms with E-state index in [1.54, 1.807) is 0 Å². The first-order chi connectivity index (χ1) is 9.18. The summed E-state index contributed by atoms with van der Waals surface area (Å²) in [7, 11) is 1.96. The van der Waals surface area contributed by atoms with Crippen molar-refractivity contribution in [3.05, 3.63) is 16.7 Å². The maximum atomic E-state index is 11.7. The first kappa shape index (κ1) is 12.2. The zero-order valence-corrected chi connectivity index (χ0v) is 11.0. The summed E-state index contributed by atoms with van der Waals surface area (Å²) < 4.78 is 4.79. The van der Waals surface area contributed by atoms with Gasteiger partial charge >= 0.3 is 5.63 Å². The van der Waals surface area contributed by atoms with Crippen molar-refractivity contribution in [3.63, 3.8) is 0 Å². The van der Waals surface area contributed by atoms with Gasteiger partial charge in [0.2, 0.25) is 0 Å². The second-order valence-electron chi connectivity index (χ2n) is 5.06. The van der Waals surface area contributed by atoms with E-state index in [-0.39, 0.29) is 0 Å². The summed E-state index contributed by atoms with van der Waals surface area (Å²) in [6, 6.07) is 0.307. The summed E-state index contributed by atoms with van der Waals surface area (Å²) in [5.74, 6) is 1.17. The van der Waals surface area contributed by atoms with Crippen molar-refractivity contribution >= 4 is 16.9 Å². The van der Waals surface area contributed by atoms with Crippen LogP contribution in [0.1, 0.15) is 13.3 Å². The molecule has 7 heteroatoms. The highest BCUT2D eigenvalue weighted by atomic mass is 16.5. The zero-order chi connectivity index (χ0) is 13.4. The van der Waals surface area contributed by atoms with Crippen molar-refractivity contribution in [2.75, 3.05) is 25.0 Å². The van der Waals surface area contributed by atoms with E-state index in [1.165, 1.54) is 6.33 Å². The Morgan fingerprint density at radius 1 is 1.47 bits per heavy atom. The lowest BCUT2D eigenvalue weighted by Gasteiger charge is -2.37. The average Bonchev–Trinajstić information content (AvgIpc) is 2.81. The SMILES string of the molecule is C[C@@H]1CCNC[C@@H]1N(C)c1ncnc2[nH]oc(=O)c12. The molecule has 2 atom stereocenters. The first-order valence-electron chi connectivity index (χ1n) is 6.44. The zero-order valence-electron chi connectivity index (χ0n) is 11.0. The molecule has 2 aromatic heterocycles. The summed E-state index contributed by atoms with van der Waals surface area (Å²) in [5, 5.41) is 6.31. The van der Waals surface area contributed by atoms with Crippen LogP contribution >= 0.6 is 0 Å². The van der Waals surface area contributed by atoms with Crippen LogP contribution in [0.4, 0.5) is 5.82 Å². The minimum atomic E-state index is -0.422. The molecule has 0 amide bonds. The number of aromatic amines is 1. The van der Waals surface area contributed by atoms with Gasteiger partial charge in [-0.05, 0) is 18.9 Å². The second-order valence-corrected chi connectivity index (χ2v) is 5.06. The molecule has 2 N–H and O–H groups in total. The molecule has 0 saturated carbocycles. The Kier molecular flexibility index (Phi) is 2.98. The molecule has 19 heavy (non-hydrogen) atoms. The Bertz CT molecular complexity index is 634. The van der Waals surface area contributed by atoms with Gasteiger partial charge in [-0.3, -0.25) is 0 Å². The topological polar surface area (TPSA) is 87.0 Å². The lowest BCUT2D eigenvalue weighted by Crippen LogP contribution is -2.49. The number of likely N-dealkylation sites (N-methyl/N-ethyl adjacent to an activating group) is 1. The Labute approximate surface area is 110 Å². The van der Waals surface area contributed by atoms with Gasteiger partial charge < -0.3 is 14.7 Å². The maximum Gasteiger partial charge on any atom is 0.370 e. The number of fused-ring (bicyclic) bond motifs is 1. The molecule has 102 valence electrons. The van der Waals surface area contributed by atoms with Gasteiger partial charge in [0.1, 0.15) is 17.5 Å². The van der Waals surface area contributed by atoms with Gasteiger partial charge in [0.15, 0.2) is 5.65 Å². The Morgan fingerprint density at radius 3 is 3.11 bits per heavy atom.